The van der Waals surface area contributed by atoms with Crippen molar-refractivity contribution in [3.63, 3.8) is 0 Å². The van der Waals surface area contributed by atoms with E-state index in [-0.39, 0.29) is 76.7 Å². The van der Waals surface area contributed by atoms with Crippen LogP contribution in [0.4, 0.5) is 13.2 Å². The van der Waals surface area contributed by atoms with Crippen molar-refractivity contribution in [1.82, 2.24) is 0 Å². The van der Waals surface area contributed by atoms with Crippen LogP contribution in [0.15, 0.2) is 23.2 Å². The molecular weight excluding hydrogens is 749 g/mol. The first-order chi connectivity index (χ1) is 26.2. The average molecular weight is 795 g/mol. The number of halogens is 3. The summed E-state index contributed by atoms with van der Waals surface area (Å²) < 4.78 is 101. The fraction of sp³-hybridized carbons (Fsp3) is 0.432. The van der Waals surface area contributed by atoms with Crippen LogP contribution in [0.5, 0.6) is 34.5 Å². The van der Waals surface area contributed by atoms with Crippen LogP contribution in [0.1, 0.15) is 74.9 Å². The molecule has 0 spiro atoms. The highest BCUT2D eigenvalue weighted by atomic mass is 32.2. The second-order valence-corrected chi connectivity index (χ2v) is 12.4. The lowest BCUT2D eigenvalue weighted by Gasteiger charge is -2.15. The summed E-state index contributed by atoms with van der Waals surface area (Å²) in [7, 11) is -3.71. The zero-order valence-electron chi connectivity index (χ0n) is 31.7. The summed E-state index contributed by atoms with van der Waals surface area (Å²) in [6.07, 6.45) is 0.868. The third-order valence-corrected chi connectivity index (χ3v) is 7.62. The molecule has 0 unspecified atom stereocenters. The molecule has 55 heavy (non-hydrogen) atoms. The van der Waals surface area contributed by atoms with E-state index < -0.39 is 40.8 Å². The van der Waals surface area contributed by atoms with Gasteiger partial charge in [0.05, 0.1) is 82.3 Å². The second kappa shape index (κ2) is 22.1. The first-order valence-corrected chi connectivity index (χ1v) is 18.9. The monoisotopic (exact) mass is 794 g/mol. The van der Waals surface area contributed by atoms with Crippen molar-refractivity contribution in [2.24, 2.45) is 10.7 Å². The van der Waals surface area contributed by atoms with Crippen molar-refractivity contribution in [3.8, 4) is 46.6 Å². The first-order valence-electron chi connectivity index (χ1n) is 17.1. The molecule has 300 valence electrons. The molecule has 0 radical (unpaired) electrons. The Bertz CT molecular complexity index is 2020. The molecule has 0 amide bonds. The van der Waals surface area contributed by atoms with E-state index in [0.717, 1.165) is 11.8 Å². The maximum Gasteiger partial charge on any atom is 0.264 e. The predicted molar refractivity (Wildman–Crippen MR) is 196 cm³/mol. The number of rotatable bonds is 16. The van der Waals surface area contributed by atoms with E-state index in [9.17, 15) is 21.6 Å². The number of nitriles is 2. The number of aliphatic hydroxyl groups excluding tert-OH is 1. The molecular formula is C37H45F3N4O10S. The van der Waals surface area contributed by atoms with Crippen LogP contribution in [0.25, 0.3) is 0 Å². The van der Waals surface area contributed by atoms with Crippen LogP contribution < -0.4 is 34.2 Å². The number of fused-ring (bicyclic) bond motifs is 1. The largest absolute Gasteiger partial charge is 0.490 e. The standard InChI is InChI=1S/C13H16FNO5S.C12H15FN2O2.C12H14FNO3/c1-4-18-11-6-9(8-20-21(3,16)17)10(7-15)12(14)13(11)19-5-2;1-3-16-8-5-7-6-15-12(14)9(7)10(13)11(8)17-4-2;1-3-16-10-5-8(7-15)9(6-14)11(13)12(10)17-4-2/h6H,4-5,8H2,1-3H3;5H,3-4,6H2,1-2H3,(H2,14,15);5,15H,3-4,7H2,1-2H3. The molecule has 0 atom stereocenters. The molecule has 3 aromatic rings. The smallest absolute Gasteiger partial charge is 0.264 e. The number of nitrogens with zero attached hydrogens (tertiary/aromatic N) is 3. The molecule has 1 aliphatic rings. The second-order valence-electron chi connectivity index (χ2n) is 10.8. The lowest BCUT2D eigenvalue weighted by molar-refractivity contribution is 0.265. The minimum absolute atomic E-state index is 0.0762. The summed E-state index contributed by atoms with van der Waals surface area (Å²) in [5, 5.41) is 27.0. The van der Waals surface area contributed by atoms with Crippen molar-refractivity contribution in [3.05, 3.63) is 69.0 Å². The molecule has 0 aliphatic carbocycles. The van der Waals surface area contributed by atoms with Crippen LogP contribution in [-0.2, 0) is 34.1 Å². The molecule has 1 aliphatic heterocycles. The van der Waals surface area contributed by atoms with Gasteiger partial charge in [-0.2, -0.15) is 18.9 Å². The zero-order chi connectivity index (χ0) is 41.3. The molecule has 0 saturated heterocycles. The van der Waals surface area contributed by atoms with Crippen LogP contribution in [-0.4, -0.2) is 65.3 Å². The lowest BCUT2D eigenvalue weighted by Crippen LogP contribution is -2.14. The van der Waals surface area contributed by atoms with Gasteiger partial charge in [0.25, 0.3) is 10.1 Å². The van der Waals surface area contributed by atoms with E-state index in [1.165, 1.54) is 12.1 Å². The van der Waals surface area contributed by atoms with Crippen molar-refractivity contribution < 1.29 is 59.3 Å². The van der Waals surface area contributed by atoms with Crippen LogP contribution in [0.3, 0.4) is 0 Å². The summed E-state index contributed by atoms with van der Waals surface area (Å²) in [5.74, 6) is -1.35. The van der Waals surface area contributed by atoms with Crippen molar-refractivity contribution in [2.75, 3.05) is 45.9 Å². The van der Waals surface area contributed by atoms with Gasteiger partial charge in [0, 0.05) is 11.1 Å². The van der Waals surface area contributed by atoms with Gasteiger partial charge in [-0.1, -0.05) is 0 Å². The van der Waals surface area contributed by atoms with Crippen LogP contribution >= 0.6 is 0 Å². The Morgan fingerprint density at radius 1 is 0.709 bits per heavy atom. The Morgan fingerprint density at radius 2 is 1.11 bits per heavy atom. The van der Waals surface area contributed by atoms with E-state index in [2.05, 4.69) is 9.18 Å². The van der Waals surface area contributed by atoms with Crippen molar-refractivity contribution >= 4 is 16.0 Å². The van der Waals surface area contributed by atoms with Crippen LogP contribution in [0.2, 0.25) is 0 Å². The average Bonchev–Trinajstić information content (AvgIpc) is 3.52. The number of aliphatic hydroxyl groups is 1. The molecule has 0 aromatic heterocycles. The Kier molecular flexibility index (Phi) is 18.3. The Labute approximate surface area is 318 Å². The minimum Gasteiger partial charge on any atom is -0.490 e. The van der Waals surface area contributed by atoms with Gasteiger partial charge in [-0.25, -0.2) is 13.2 Å². The summed E-state index contributed by atoms with van der Waals surface area (Å²) >= 11 is 0. The minimum atomic E-state index is -3.71. The topological polar surface area (TPSA) is 205 Å². The van der Waals surface area contributed by atoms with E-state index in [0.29, 0.717) is 37.7 Å². The van der Waals surface area contributed by atoms with Crippen molar-refractivity contribution in [1.29, 1.82) is 10.5 Å². The highest BCUT2D eigenvalue weighted by Gasteiger charge is 2.26. The third-order valence-electron chi connectivity index (χ3n) is 7.07. The van der Waals surface area contributed by atoms with Gasteiger partial charge in [0.2, 0.25) is 0 Å². The number of amidine groups is 1. The maximum atomic E-state index is 14.3. The number of aliphatic imine (C=N–C) groups is 1. The SMILES string of the molecule is CCOc1cc(CO)c(C#N)c(F)c1OCC.CCOc1cc(COS(C)(=O)=O)c(C#N)c(F)c1OCC.CCOc1cc2c(c(F)c1OCC)C(N)=NC2. The van der Waals surface area contributed by atoms with E-state index in [1.807, 2.05) is 6.92 Å². The van der Waals surface area contributed by atoms with E-state index in [4.69, 9.17) is 49.8 Å². The zero-order valence-corrected chi connectivity index (χ0v) is 32.5. The fourth-order valence-electron chi connectivity index (χ4n) is 4.90. The summed E-state index contributed by atoms with van der Waals surface area (Å²) in [5.41, 5.74) is 6.47. The van der Waals surface area contributed by atoms with Gasteiger partial charge in [-0.15, -0.1) is 0 Å². The van der Waals surface area contributed by atoms with Gasteiger partial charge >= 0.3 is 0 Å². The lowest BCUT2D eigenvalue weighted by atomic mass is 10.1. The molecule has 0 saturated carbocycles. The fourth-order valence-corrected chi connectivity index (χ4v) is 5.24. The number of ether oxygens (including phenoxy) is 6. The normalized spacial score (nSPS) is 11.3. The first kappa shape index (κ1) is 45.7. The van der Waals surface area contributed by atoms with Crippen molar-refractivity contribution in [2.45, 2.75) is 61.3 Å². The van der Waals surface area contributed by atoms with E-state index in [1.54, 1.807) is 52.8 Å². The molecule has 14 nitrogen and oxygen atoms in total. The van der Waals surface area contributed by atoms with Crippen LogP contribution in [0, 0.1) is 40.1 Å². The van der Waals surface area contributed by atoms with Gasteiger partial charge < -0.3 is 39.3 Å². The third kappa shape index (κ3) is 12.0. The number of hydrogen-bond acceptors (Lipinski definition) is 14. The molecule has 3 aromatic carbocycles. The Balaban J connectivity index is 0.000000287. The highest BCUT2D eigenvalue weighted by molar-refractivity contribution is 7.85. The Hall–Kier alpha value is -5.43. The summed E-state index contributed by atoms with van der Waals surface area (Å²) in [6.45, 7) is 11.9. The van der Waals surface area contributed by atoms with Gasteiger partial charge in [0.1, 0.15) is 18.0 Å². The molecule has 1 heterocycles. The molecule has 4 rings (SSSR count). The van der Waals surface area contributed by atoms with Gasteiger partial charge in [-0.05, 0) is 65.3 Å². The van der Waals surface area contributed by atoms with Gasteiger partial charge in [0.15, 0.2) is 51.9 Å². The van der Waals surface area contributed by atoms with Gasteiger partial charge in [-0.3, -0.25) is 9.18 Å². The quantitative estimate of drug-likeness (QED) is 0.165. The molecule has 0 bridgehead atoms. The maximum absolute atomic E-state index is 14.3. The molecule has 18 heteroatoms. The number of benzene rings is 3. The Morgan fingerprint density at radius 3 is 1.51 bits per heavy atom. The molecule has 0 fully saturated rings. The summed E-state index contributed by atoms with van der Waals surface area (Å²) in [6, 6.07) is 7.92. The number of nitrogens with two attached hydrogens (primary N) is 1. The number of hydrogen-bond donors (Lipinski definition) is 2. The summed E-state index contributed by atoms with van der Waals surface area (Å²) in [4.78, 5) is 4.01. The highest BCUT2D eigenvalue weighted by Crippen LogP contribution is 2.38. The predicted octanol–water partition coefficient (Wildman–Crippen LogP) is 5.80. The van der Waals surface area contributed by atoms with E-state index >= 15 is 0 Å². The molecule has 3 N–H and O–H groups in total.